The smallest absolute Gasteiger partial charge is 0.416 e. The van der Waals surface area contributed by atoms with Gasteiger partial charge in [0.15, 0.2) is 0 Å². The number of benzene rings is 2. The Bertz CT molecular complexity index is 1330. The van der Waals surface area contributed by atoms with E-state index in [9.17, 15) is 32.8 Å². The zero-order chi connectivity index (χ0) is 31.6. The molecule has 9 nitrogen and oxygen atoms in total. The summed E-state index contributed by atoms with van der Waals surface area (Å²) in [6.07, 6.45) is -2.69. The van der Waals surface area contributed by atoms with Gasteiger partial charge in [-0.3, -0.25) is 24.3 Å². The molecule has 1 atom stereocenters. The van der Waals surface area contributed by atoms with Crippen molar-refractivity contribution in [2.45, 2.75) is 32.5 Å². The Balaban J connectivity index is 2.03. The summed E-state index contributed by atoms with van der Waals surface area (Å²) in [5, 5.41) is 9.32. The number of esters is 1. The number of hydrogen-bond donors (Lipinski definition) is 0. The molecule has 43 heavy (non-hydrogen) atoms. The molecule has 1 heterocycles. The molecule has 1 unspecified atom stereocenters. The third kappa shape index (κ3) is 8.65. The van der Waals surface area contributed by atoms with E-state index in [1.807, 2.05) is 11.9 Å². The lowest BCUT2D eigenvalue weighted by Crippen LogP contribution is -2.46. The Morgan fingerprint density at radius 2 is 1.79 bits per heavy atom. The predicted molar refractivity (Wildman–Crippen MR) is 155 cm³/mol. The van der Waals surface area contributed by atoms with E-state index in [1.54, 1.807) is 36.1 Å². The number of alkyl halides is 3. The molecule has 1 saturated heterocycles. The molecule has 0 saturated carbocycles. The fraction of sp³-hybridized carbons (Fsp3) is 0.419. The normalized spacial score (nSPS) is 15.3. The molecule has 230 valence electrons. The van der Waals surface area contributed by atoms with Gasteiger partial charge in [0, 0.05) is 37.6 Å². The predicted octanol–water partition coefficient (Wildman–Crippen LogP) is 4.21. The quantitative estimate of drug-likeness (QED) is 0.193. The Labute approximate surface area is 249 Å². The number of likely N-dealkylation sites (N-methyl/N-ethyl adjacent to an activating group) is 1. The van der Waals surface area contributed by atoms with E-state index >= 15 is 0 Å². The van der Waals surface area contributed by atoms with E-state index in [0.29, 0.717) is 43.6 Å². The van der Waals surface area contributed by atoms with Gasteiger partial charge < -0.3 is 9.64 Å². The first-order valence-electron chi connectivity index (χ1n) is 14.0. The van der Waals surface area contributed by atoms with Crippen LogP contribution >= 0.6 is 0 Å². The zero-order valence-electron chi connectivity index (χ0n) is 24.5. The van der Waals surface area contributed by atoms with Crippen molar-refractivity contribution in [3.05, 3.63) is 76.5 Å². The summed E-state index contributed by atoms with van der Waals surface area (Å²) < 4.78 is 45.9. The maximum Gasteiger partial charge on any atom is 0.416 e. The lowest BCUT2D eigenvalue weighted by atomic mass is 9.94. The van der Waals surface area contributed by atoms with Crippen LogP contribution in [0.4, 0.5) is 18.9 Å². The number of carbonyl (C=O) groups is 3. The first-order valence-corrected chi connectivity index (χ1v) is 14.0. The zero-order valence-corrected chi connectivity index (χ0v) is 24.5. The highest BCUT2D eigenvalue weighted by molar-refractivity contribution is 5.94. The topological polar surface area (TPSA) is 97.2 Å². The number of amides is 2. The molecule has 1 aliphatic rings. The van der Waals surface area contributed by atoms with Crippen LogP contribution in [-0.2, 0) is 25.3 Å². The van der Waals surface area contributed by atoms with Gasteiger partial charge in [0.2, 0.25) is 12.8 Å². The van der Waals surface area contributed by atoms with Crippen molar-refractivity contribution in [1.29, 1.82) is 5.26 Å². The van der Waals surface area contributed by atoms with E-state index in [2.05, 4.69) is 11.0 Å². The highest BCUT2D eigenvalue weighted by atomic mass is 19.4. The van der Waals surface area contributed by atoms with Gasteiger partial charge in [0.05, 0.1) is 35.4 Å². The molecule has 0 aliphatic carbocycles. The standard InChI is InChI=1S/C31H36F3N5O4/c1-4-43-30(42)28(23(2)39(22-41)27-8-5-7-26(19-27)31(32,33)34)29(25-11-9-24(20-35)10-12-25)36(3)13-6-14-37-15-17-38(21-40)18-16-37/h5,7-12,19,21-22,29H,4,6,13-18H2,1-3H3/b28-23+. The van der Waals surface area contributed by atoms with Gasteiger partial charge in [0.25, 0.3) is 0 Å². The van der Waals surface area contributed by atoms with Crippen molar-refractivity contribution in [3.8, 4) is 6.07 Å². The number of allylic oxidation sites excluding steroid dienone is 1. The number of nitrogens with zero attached hydrogens (tertiary/aromatic N) is 5. The minimum atomic E-state index is -4.63. The highest BCUT2D eigenvalue weighted by Gasteiger charge is 2.34. The molecule has 0 N–H and O–H groups in total. The number of piperazine rings is 1. The second kappa shape index (κ2) is 15.3. The van der Waals surface area contributed by atoms with Crippen LogP contribution in [0.2, 0.25) is 0 Å². The fourth-order valence-electron chi connectivity index (χ4n) is 5.11. The monoisotopic (exact) mass is 599 g/mol. The lowest BCUT2D eigenvalue weighted by Gasteiger charge is -2.35. The maximum absolute atomic E-state index is 13.6. The van der Waals surface area contributed by atoms with Crippen molar-refractivity contribution < 1.29 is 32.3 Å². The number of hydrogen-bond acceptors (Lipinski definition) is 7. The number of halogens is 3. The van der Waals surface area contributed by atoms with Crippen LogP contribution < -0.4 is 4.90 Å². The van der Waals surface area contributed by atoms with Crippen LogP contribution in [0.25, 0.3) is 0 Å². The summed E-state index contributed by atoms with van der Waals surface area (Å²) in [6, 6.07) is 12.3. The van der Waals surface area contributed by atoms with E-state index in [0.717, 1.165) is 43.1 Å². The van der Waals surface area contributed by atoms with Gasteiger partial charge in [-0.05, 0) is 76.3 Å². The van der Waals surface area contributed by atoms with Gasteiger partial charge in [-0.15, -0.1) is 0 Å². The van der Waals surface area contributed by atoms with Crippen LogP contribution in [-0.4, -0.2) is 86.4 Å². The third-order valence-electron chi connectivity index (χ3n) is 7.41. The number of anilines is 1. The molecule has 1 fully saturated rings. The summed E-state index contributed by atoms with van der Waals surface area (Å²) in [5.41, 5.74) is 0.254. The van der Waals surface area contributed by atoms with Gasteiger partial charge in [-0.2, -0.15) is 18.4 Å². The fourth-order valence-corrected chi connectivity index (χ4v) is 5.11. The van der Waals surface area contributed by atoms with E-state index in [-0.39, 0.29) is 23.6 Å². The Morgan fingerprint density at radius 3 is 2.35 bits per heavy atom. The van der Waals surface area contributed by atoms with Crippen molar-refractivity contribution >= 4 is 24.5 Å². The molecule has 0 radical (unpaired) electrons. The summed E-state index contributed by atoms with van der Waals surface area (Å²) in [4.78, 5) is 43.9. The Morgan fingerprint density at radius 1 is 1.12 bits per heavy atom. The molecule has 1 aliphatic heterocycles. The number of ether oxygens (including phenoxy) is 1. The van der Waals surface area contributed by atoms with Gasteiger partial charge in [-0.25, -0.2) is 4.79 Å². The minimum absolute atomic E-state index is 0.0385. The van der Waals surface area contributed by atoms with Gasteiger partial charge >= 0.3 is 12.1 Å². The van der Waals surface area contributed by atoms with Crippen molar-refractivity contribution in [1.82, 2.24) is 14.7 Å². The minimum Gasteiger partial charge on any atom is -0.463 e. The SMILES string of the molecule is CCOC(=O)/C(=C(\C)N(C=O)c1cccc(C(F)(F)F)c1)C(c1ccc(C#N)cc1)N(C)CCCN1CCN(C=O)CC1. The lowest BCUT2D eigenvalue weighted by molar-refractivity contribution is -0.139. The van der Waals surface area contributed by atoms with Crippen LogP contribution in [0.1, 0.15) is 43.0 Å². The molecule has 2 amide bonds. The van der Waals surface area contributed by atoms with Gasteiger partial charge in [0.1, 0.15) is 0 Å². The molecule has 2 aromatic carbocycles. The van der Waals surface area contributed by atoms with Crippen LogP contribution in [0.5, 0.6) is 0 Å². The highest BCUT2D eigenvalue weighted by Crippen LogP contribution is 2.36. The summed E-state index contributed by atoms with van der Waals surface area (Å²) in [7, 11) is 1.81. The number of carbonyl (C=O) groups excluding carboxylic acids is 3. The van der Waals surface area contributed by atoms with E-state index in [4.69, 9.17) is 4.74 Å². The molecular weight excluding hydrogens is 563 g/mol. The molecular formula is C31H36F3N5O4. The summed E-state index contributed by atoms with van der Waals surface area (Å²) in [5.74, 6) is -0.718. The van der Waals surface area contributed by atoms with Crippen LogP contribution in [0, 0.1) is 11.3 Å². The molecule has 3 rings (SSSR count). The average Bonchev–Trinajstić information content (AvgIpc) is 3.00. The second-order valence-electron chi connectivity index (χ2n) is 10.2. The second-order valence-corrected chi connectivity index (χ2v) is 10.2. The molecule has 2 aromatic rings. The molecule has 12 heteroatoms. The molecule has 0 bridgehead atoms. The van der Waals surface area contributed by atoms with Crippen LogP contribution in [0.3, 0.4) is 0 Å². The van der Waals surface area contributed by atoms with Crippen molar-refractivity contribution in [2.24, 2.45) is 0 Å². The molecule has 0 spiro atoms. The molecule has 0 aromatic heterocycles. The van der Waals surface area contributed by atoms with Crippen LogP contribution in [0.15, 0.2) is 59.8 Å². The first kappa shape index (κ1) is 33.3. The van der Waals surface area contributed by atoms with E-state index in [1.165, 1.54) is 19.1 Å². The maximum atomic E-state index is 13.6. The average molecular weight is 600 g/mol. The summed E-state index contributed by atoms with van der Waals surface area (Å²) in [6.45, 7) is 7.24. The number of rotatable bonds is 13. The van der Waals surface area contributed by atoms with Crippen molar-refractivity contribution in [2.75, 3.05) is 57.8 Å². The Kier molecular flexibility index (Phi) is 11.9. The van der Waals surface area contributed by atoms with Gasteiger partial charge in [-0.1, -0.05) is 18.2 Å². The Hall–Kier alpha value is -4.21. The first-order chi connectivity index (χ1) is 20.5. The summed E-state index contributed by atoms with van der Waals surface area (Å²) >= 11 is 0. The van der Waals surface area contributed by atoms with E-state index < -0.39 is 23.8 Å². The van der Waals surface area contributed by atoms with Crippen molar-refractivity contribution in [3.63, 3.8) is 0 Å². The number of nitriles is 1. The third-order valence-corrected chi connectivity index (χ3v) is 7.41. The largest absolute Gasteiger partial charge is 0.463 e.